The van der Waals surface area contributed by atoms with Crippen LogP contribution in [0.2, 0.25) is 0 Å². The molecule has 1 fully saturated rings. The summed E-state index contributed by atoms with van der Waals surface area (Å²) >= 11 is 3.48. The fraction of sp³-hybridized carbons (Fsp3) is 1.00. The molecule has 1 rings (SSSR count). The number of piperidine rings is 1. The molecule has 0 spiro atoms. The van der Waals surface area contributed by atoms with Crippen LogP contribution >= 0.6 is 15.9 Å². The van der Waals surface area contributed by atoms with Gasteiger partial charge in [0.05, 0.1) is 0 Å². The van der Waals surface area contributed by atoms with Gasteiger partial charge in [-0.2, -0.15) is 0 Å². The molecule has 0 unspecified atom stereocenters. The number of alkyl halides is 1. The predicted octanol–water partition coefficient (Wildman–Crippen LogP) is 1.80. The van der Waals surface area contributed by atoms with Crippen LogP contribution in [0, 0.1) is 0 Å². The standard InChI is InChI=1S/C10H21BrN2/c1-12(2)10-4-8-13(9-5-10)7-3-6-11/h10H,3-9H2,1-2H3. The van der Waals surface area contributed by atoms with Crippen molar-refractivity contribution in [1.82, 2.24) is 9.80 Å². The number of hydrogen-bond acceptors (Lipinski definition) is 2. The van der Waals surface area contributed by atoms with Gasteiger partial charge < -0.3 is 9.80 Å². The van der Waals surface area contributed by atoms with Crippen LogP contribution in [0.4, 0.5) is 0 Å². The highest BCUT2D eigenvalue weighted by Gasteiger charge is 2.19. The van der Waals surface area contributed by atoms with E-state index in [-0.39, 0.29) is 0 Å². The molecule has 2 nitrogen and oxygen atoms in total. The van der Waals surface area contributed by atoms with E-state index in [1.54, 1.807) is 0 Å². The average molecular weight is 249 g/mol. The molecule has 1 aliphatic rings. The topological polar surface area (TPSA) is 6.48 Å². The third-order valence-corrected chi connectivity index (χ3v) is 3.46. The Morgan fingerprint density at radius 2 is 1.92 bits per heavy atom. The molecule has 1 aliphatic heterocycles. The van der Waals surface area contributed by atoms with Crippen LogP contribution in [0.25, 0.3) is 0 Å². The SMILES string of the molecule is CN(C)C1CCN(CCCBr)CC1. The Balaban J connectivity index is 2.15. The first-order chi connectivity index (χ1) is 6.24. The zero-order valence-electron chi connectivity index (χ0n) is 8.80. The average Bonchev–Trinajstić information content (AvgIpc) is 2.15. The highest BCUT2D eigenvalue weighted by atomic mass is 79.9. The molecule has 0 aromatic carbocycles. The van der Waals surface area contributed by atoms with Crippen molar-refractivity contribution >= 4 is 15.9 Å². The van der Waals surface area contributed by atoms with Gasteiger partial charge in [0.2, 0.25) is 0 Å². The van der Waals surface area contributed by atoms with Gasteiger partial charge in [0.1, 0.15) is 0 Å². The summed E-state index contributed by atoms with van der Waals surface area (Å²) in [5.41, 5.74) is 0. The summed E-state index contributed by atoms with van der Waals surface area (Å²) in [6, 6.07) is 0.820. The van der Waals surface area contributed by atoms with E-state index in [9.17, 15) is 0 Å². The molecule has 0 aromatic heterocycles. The second-order valence-electron chi connectivity index (χ2n) is 4.08. The number of halogens is 1. The lowest BCUT2D eigenvalue weighted by Crippen LogP contribution is -2.42. The van der Waals surface area contributed by atoms with E-state index in [0.29, 0.717) is 0 Å². The maximum absolute atomic E-state index is 3.48. The first-order valence-corrected chi connectivity index (χ1v) is 6.31. The van der Waals surface area contributed by atoms with Crippen molar-refractivity contribution in [2.24, 2.45) is 0 Å². The van der Waals surface area contributed by atoms with Crippen molar-refractivity contribution in [1.29, 1.82) is 0 Å². The van der Waals surface area contributed by atoms with Crippen molar-refractivity contribution in [3.63, 3.8) is 0 Å². The highest BCUT2D eigenvalue weighted by Crippen LogP contribution is 2.14. The summed E-state index contributed by atoms with van der Waals surface area (Å²) in [6.07, 6.45) is 3.97. The Kier molecular flexibility index (Phi) is 5.29. The van der Waals surface area contributed by atoms with Crippen LogP contribution in [0.1, 0.15) is 19.3 Å². The summed E-state index contributed by atoms with van der Waals surface area (Å²) < 4.78 is 0. The Hall–Kier alpha value is 0.400. The van der Waals surface area contributed by atoms with Crippen molar-refractivity contribution < 1.29 is 0 Å². The number of likely N-dealkylation sites (tertiary alicyclic amines) is 1. The Morgan fingerprint density at radius 1 is 1.31 bits per heavy atom. The highest BCUT2D eigenvalue weighted by molar-refractivity contribution is 9.09. The molecule has 0 N–H and O–H groups in total. The van der Waals surface area contributed by atoms with Crippen LogP contribution < -0.4 is 0 Å². The molecule has 0 aromatic rings. The maximum Gasteiger partial charge on any atom is 0.0113 e. The molecule has 1 heterocycles. The normalized spacial score (nSPS) is 21.2. The van der Waals surface area contributed by atoms with Crippen LogP contribution in [-0.4, -0.2) is 54.9 Å². The molecule has 0 amide bonds. The van der Waals surface area contributed by atoms with E-state index in [4.69, 9.17) is 0 Å². The molecule has 78 valence electrons. The largest absolute Gasteiger partial charge is 0.306 e. The monoisotopic (exact) mass is 248 g/mol. The first kappa shape index (κ1) is 11.5. The molecular weight excluding hydrogens is 228 g/mol. The van der Waals surface area contributed by atoms with Crippen molar-refractivity contribution in [2.45, 2.75) is 25.3 Å². The van der Waals surface area contributed by atoms with Crippen molar-refractivity contribution in [3.05, 3.63) is 0 Å². The van der Waals surface area contributed by atoms with E-state index in [1.165, 1.54) is 38.9 Å². The molecule has 0 saturated carbocycles. The van der Waals surface area contributed by atoms with E-state index in [1.807, 2.05) is 0 Å². The van der Waals surface area contributed by atoms with Gasteiger partial charge in [-0.05, 0) is 53.0 Å². The van der Waals surface area contributed by atoms with Crippen LogP contribution in [0.3, 0.4) is 0 Å². The van der Waals surface area contributed by atoms with Gasteiger partial charge in [-0.1, -0.05) is 15.9 Å². The second kappa shape index (κ2) is 5.99. The van der Waals surface area contributed by atoms with Crippen molar-refractivity contribution in [2.75, 3.05) is 39.1 Å². The molecule has 1 saturated heterocycles. The molecule has 0 radical (unpaired) electrons. The fourth-order valence-corrected chi connectivity index (χ4v) is 2.19. The Labute approximate surface area is 90.4 Å². The van der Waals surface area contributed by atoms with E-state index in [2.05, 4.69) is 39.8 Å². The zero-order chi connectivity index (χ0) is 9.68. The van der Waals surface area contributed by atoms with E-state index < -0.39 is 0 Å². The molecule has 3 heteroatoms. The van der Waals surface area contributed by atoms with Gasteiger partial charge in [-0.25, -0.2) is 0 Å². The molecule has 0 atom stereocenters. The van der Waals surface area contributed by atoms with Gasteiger partial charge in [0.15, 0.2) is 0 Å². The maximum atomic E-state index is 3.48. The summed E-state index contributed by atoms with van der Waals surface area (Å²) in [4.78, 5) is 4.95. The molecule has 0 aliphatic carbocycles. The zero-order valence-corrected chi connectivity index (χ0v) is 10.4. The van der Waals surface area contributed by atoms with Gasteiger partial charge in [-0.15, -0.1) is 0 Å². The van der Waals surface area contributed by atoms with E-state index >= 15 is 0 Å². The third-order valence-electron chi connectivity index (χ3n) is 2.90. The Morgan fingerprint density at radius 3 is 2.38 bits per heavy atom. The van der Waals surface area contributed by atoms with Gasteiger partial charge in [0, 0.05) is 11.4 Å². The van der Waals surface area contributed by atoms with Crippen LogP contribution in [0.15, 0.2) is 0 Å². The number of rotatable bonds is 4. The van der Waals surface area contributed by atoms with Gasteiger partial charge in [-0.3, -0.25) is 0 Å². The first-order valence-electron chi connectivity index (χ1n) is 5.19. The molecule has 0 bridgehead atoms. The fourth-order valence-electron chi connectivity index (χ4n) is 1.94. The predicted molar refractivity (Wildman–Crippen MR) is 61.6 cm³/mol. The summed E-state index contributed by atoms with van der Waals surface area (Å²) in [5.74, 6) is 0. The van der Waals surface area contributed by atoms with Crippen LogP contribution in [0.5, 0.6) is 0 Å². The molecular formula is C10H21BrN2. The second-order valence-corrected chi connectivity index (χ2v) is 4.87. The molecule has 13 heavy (non-hydrogen) atoms. The minimum Gasteiger partial charge on any atom is -0.306 e. The lowest BCUT2D eigenvalue weighted by molar-refractivity contribution is 0.145. The minimum atomic E-state index is 0.820. The summed E-state index contributed by atoms with van der Waals surface area (Å²) in [5, 5.41) is 1.14. The Bertz CT molecular complexity index is 131. The minimum absolute atomic E-state index is 0.820. The van der Waals surface area contributed by atoms with Gasteiger partial charge in [0.25, 0.3) is 0 Å². The van der Waals surface area contributed by atoms with Crippen molar-refractivity contribution in [3.8, 4) is 0 Å². The van der Waals surface area contributed by atoms with E-state index in [0.717, 1.165) is 11.4 Å². The number of hydrogen-bond donors (Lipinski definition) is 0. The van der Waals surface area contributed by atoms with Crippen LogP contribution in [-0.2, 0) is 0 Å². The third kappa shape index (κ3) is 3.96. The number of nitrogens with zero attached hydrogens (tertiary/aromatic N) is 2. The van der Waals surface area contributed by atoms with Gasteiger partial charge >= 0.3 is 0 Å². The summed E-state index contributed by atoms with van der Waals surface area (Å²) in [7, 11) is 4.39. The lowest BCUT2D eigenvalue weighted by Gasteiger charge is -2.35. The quantitative estimate of drug-likeness (QED) is 0.701. The smallest absolute Gasteiger partial charge is 0.0113 e. The lowest BCUT2D eigenvalue weighted by atomic mass is 10.0. The summed E-state index contributed by atoms with van der Waals surface area (Å²) in [6.45, 7) is 3.84.